The zero-order chi connectivity index (χ0) is 13.2. The van der Waals surface area contributed by atoms with Gasteiger partial charge in [0.05, 0.1) is 0 Å². The SMILES string of the molecule is Cc1cc(/N=C\C(C)C)c(O)c(C(C)(C)C)c1. The normalized spacial score (nSPS) is 12.6. The van der Waals surface area contributed by atoms with Crippen molar-refractivity contribution in [3.05, 3.63) is 23.3 Å². The van der Waals surface area contributed by atoms with Gasteiger partial charge < -0.3 is 5.11 Å². The van der Waals surface area contributed by atoms with E-state index >= 15 is 0 Å². The van der Waals surface area contributed by atoms with Crippen LogP contribution in [0.1, 0.15) is 45.7 Å². The molecule has 2 heteroatoms. The molecule has 94 valence electrons. The summed E-state index contributed by atoms with van der Waals surface area (Å²) < 4.78 is 0. The van der Waals surface area contributed by atoms with Crippen LogP contribution < -0.4 is 0 Å². The molecule has 0 unspecified atom stereocenters. The first-order valence-electron chi connectivity index (χ1n) is 6.10. The van der Waals surface area contributed by atoms with Gasteiger partial charge in [-0.2, -0.15) is 0 Å². The second-order valence-corrected chi connectivity index (χ2v) is 5.95. The summed E-state index contributed by atoms with van der Waals surface area (Å²) >= 11 is 0. The van der Waals surface area contributed by atoms with Crippen LogP contribution in [-0.2, 0) is 5.41 Å². The molecule has 0 atom stereocenters. The second-order valence-electron chi connectivity index (χ2n) is 5.95. The minimum Gasteiger partial charge on any atom is -0.505 e. The highest BCUT2D eigenvalue weighted by molar-refractivity contribution is 5.69. The molecule has 1 aromatic rings. The third-order valence-electron chi connectivity index (χ3n) is 2.55. The van der Waals surface area contributed by atoms with Crippen LogP contribution in [0.5, 0.6) is 5.75 Å². The van der Waals surface area contributed by atoms with E-state index in [1.807, 2.05) is 25.3 Å². The maximum Gasteiger partial charge on any atom is 0.144 e. The van der Waals surface area contributed by atoms with E-state index in [0.717, 1.165) is 11.1 Å². The molecule has 0 aliphatic carbocycles. The van der Waals surface area contributed by atoms with E-state index in [1.54, 1.807) is 0 Å². The standard InChI is InChI=1S/C15H23NO/c1-10(2)9-16-13-8-11(3)7-12(14(13)17)15(4,5)6/h7-10,17H,1-6H3/b16-9-. The first-order chi connectivity index (χ1) is 7.71. The number of phenols is 1. The van der Waals surface area contributed by atoms with Crippen molar-refractivity contribution in [2.75, 3.05) is 0 Å². The number of phenolic OH excluding ortho intramolecular Hbond substituents is 1. The summed E-state index contributed by atoms with van der Waals surface area (Å²) in [7, 11) is 0. The quantitative estimate of drug-likeness (QED) is 0.756. The number of hydrogen-bond acceptors (Lipinski definition) is 2. The third-order valence-corrected chi connectivity index (χ3v) is 2.55. The van der Waals surface area contributed by atoms with Crippen molar-refractivity contribution >= 4 is 11.9 Å². The van der Waals surface area contributed by atoms with E-state index in [9.17, 15) is 5.11 Å². The molecule has 0 spiro atoms. The predicted octanol–water partition coefficient (Wildman–Crippen LogP) is 4.36. The molecule has 0 radical (unpaired) electrons. The zero-order valence-electron chi connectivity index (χ0n) is 11.7. The van der Waals surface area contributed by atoms with Crippen LogP contribution in [0.2, 0.25) is 0 Å². The molecule has 0 saturated carbocycles. The van der Waals surface area contributed by atoms with Crippen molar-refractivity contribution in [1.82, 2.24) is 0 Å². The largest absolute Gasteiger partial charge is 0.505 e. The van der Waals surface area contributed by atoms with Crippen molar-refractivity contribution < 1.29 is 5.11 Å². The summed E-state index contributed by atoms with van der Waals surface area (Å²) in [5.74, 6) is 0.688. The van der Waals surface area contributed by atoms with Gasteiger partial charge in [0.15, 0.2) is 0 Å². The van der Waals surface area contributed by atoms with Gasteiger partial charge in [-0.3, -0.25) is 4.99 Å². The monoisotopic (exact) mass is 233 g/mol. The van der Waals surface area contributed by atoms with Gasteiger partial charge in [0.25, 0.3) is 0 Å². The van der Waals surface area contributed by atoms with Gasteiger partial charge in [-0.05, 0) is 29.9 Å². The predicted molar refractivity (Wildman–Crippen MR) is 74.5 cm³/mol. The van der Waals surface area contributed by atoms with Crippen LogP contribution in [-0.4, -0.2) is 11.3 Å². The van der Waals surface area contributed by atoms with Crippen molar-refractivity contribution in [2.45, 2.75) is 47.0 Å². The highest BCUT2D eigenvalue weighted by Gasteiger charge is 2.20. The van der Waals surface area contributed by atoms with E-state index < -0.39 is 0 Å². The van der Waals surface area contributed by atoms with Gasteiger partial charge in [0.2, 0.25) is 0 Å². The fourth-order valence-electron chi connectivity index (χ4n) is 1.66. The summed E-state index contributed by atoms with van der Waals surface area (Å²) in [5, 5.41) is 10.2. The number of aryl methyl sites for hydroxylation is 1. The van der Waals surface area contributed by atoms with Crippen molar-refractivity contribution in [3.8, 4) is 5.75 Å². The van der Waals surface area contributed by atoms with Gasteiger partial charge in [0, 0.05) is 11.8 Å². The lowest BCUT2D eigenvalue weighted by Gasteiger charge is -2.22. The Balaban J connectivity index is 3.29. The number of aliphatic imine (C=N–C) groups is 1. The van der Waals surface area contributed by atoms with Crippen LogP contribution in [0.3, 0.4) is 0 Å². The number of hydrogen-bond donors (Lipinski definition) is 1. The highest BCUT2D eigenvalue weighted by Crippen LogP contribution is 2.38. The topological polar surface area (TPSA) is 32.6 Å². The van der Waals surface area contributed by atoms with Crippen LogP contribution in [0, 0.1) is 12.8 Å². The fraction of sp³-hybridized carbons (Fsp3) is 0.533. The number of nitrogens with zero attached hydrogens (tertiary/aromatic N) is 1. The first-order valence-corrected chi connectivity index (χ1v) is 6.10. The molecule has 0 aliphatic rings. The molecule has 1 N–H and O–H groups in total. The Morgan fingerprint density at radius 2 is 1.82 bits per heavy atom. The Kier molecular flexibility index (Phi) is 3.97. The molecular weight excluding hydrogens is 210 g/mol. The summed E-state index contributed by atoms with van der Waals surface area (Å²) in [4.78, 5) is 4.37. The minimum atomic E-state index is -0.0712. The molecule has 1 aromatic carbocycles. The van der Waals surface area contributed by atoms with Gasteiger partial charge in [-0.15, -0.1) is 0 Å². The summed E-state index contributed by atoms with van der Waals surface area (Å²) in [6, 6.07) is 3.95. The van der Waals surface area contributed by atoms with Crippen LogP contribution >= 0.6 is 0 Å². The Morgan fingerprint density at radius 1 is 1.24 bits per heavy atom. The average molecular weight is 233 g/mol. The minimum absolute atomic E-state index is 0.0712. The number of aromatic hydroxyl groups is 1. The molecule has 0 aromatic heterocycles. The van der Waals surface area contributed by atoms with Crippen molar-refractivity contribution in [1.29, 1.82) is 0 Å². The zero-order valence-corrected chi connectivity index (χ0v) is 11.7. The average Bonchev–Trinajstić information content (AvgIpc) is 2.17. The van der Waals surface area contributed by atoms with Crippen molar-refractivity contribution in [3.63, 3.8) is 0 Å². The molecule has 0 amide bonds. The highest BCUT2D eigenvalue weighted by atomic mass is 16.3. The summed E-state index contributed by atoms with van der Waals surface area (Å²) in [6.45, 7) is 12.5. The van der Waals surface area contributed by atoms with E-state index in [4.69, 9.17) is 0 Å². The van der Waals surface area contributed by atoms with E-state index in [-0.39, 0.29) is 5.41 Å². The van der Waals surface area contributed by atoms with Gasteiger partial charge >= 0.3 is 0 Å². The molecule has 0 fully saturated rings. The molecule has 0 aliphatic heterocycles. The van der Waals surface area contributed by atoms with E-state index in [1.165, 1.54) is 0 Å². The lowest BCUT2D eigenvalue weighted by molar-refractivity contribution is 0.448. The van der Waals surface area contributed by atoms with E-state index in [2.05, 4.69) is 39.6 Å². The maximum atomic E-state index is 10.2. The molecule has 2 nitrogen and oxygen atoms in total. The molecule has 0 bridgehead atoms. The van der Waals surface area contributed by atoms with Crippen LogP contribution in [0.25, 0.3) is 0 Å². The van der Waals surface area contributed by atoms with Gasteiger partial charge in [0.1, 0.15) is 11.4 Å². The Labute approximate surface area is 104 Å². The lowest BCUT2D eigenvalue weighted by atomic mass is 9.85. The molecule has 1 rings (SSSR count). The summed E-state index contributed by atoms with van der Waals surface area (Å²) in [6.07, 6.45) is 1.86. The van der Waals surface area contributed by atoms with Gasteiger partial charge in [-0.1, -0.05) is 40.7 Å². The smallest absolute Gasteiger partial charge is 0.144 e. The summed E-state index contributed by atoms with van der Waals surface area (Å²) in [5.41, 5.74) is 2.68. The van der Waals surface area contributed by atoms with Crippen LogP contribution in [0.4, 0.5) is 5.69 Å². The Morgan fingerprint density at radius 3 is 2.29 bits per heavy atom. The molecule has 17 heavy (non-hydrogen) atoms. The Bertz CT molecular complexity index is 425. The first kappa shape index (κ1) is 13.8. The molecule has 0 heterocycles. The van der Waals surface area contributed by atoms with Crippen molar-refractivity contribution in [2.24, 2.45) is 10.9 Å². The Hall–Kier alpha value is -1.31. The van der Waals surface area contributed by atoms with Crippen LogP contribution in [0.15, 0.2) is 17.1 Å². The third kappa shape index (κ3) is 3.58. The van der Waals surface area contributed by atoms with Gasteiger partial charge in [-0.25, -0.2) is 0 Å². The fourth-order valence-corrected chi connectivity index (χ4v) is 1.66. The maximum absolute atomic E-state index is 10.2. The van der Waals surface area contributed by atoms with E-state index in [0.29, 0.717) is 17.4 Å². The molecule has 0 saturated heterocycles. The lowest BCUT2D eigenvalue weighted by Crippen LogP contribution is -2.11. The second kappa shape index (κ2) is 4.91. The number of benzene rings is 1. The molecular formula is C15H23NO. The number of rotatable bonds is 2.